The molecule has 118 valence electrons. The summed E-state index contributed by atoms with van der Waals surface area (Å²) in [5.74, 6) is -0.541. The van der Waals surface area contributed by atoms with E-state index in [1.165, 1.54) is 4.57 Å². The summed E-state index contributed by atoms with van der Waals surface area (Å²) in [6.07, 6.45) is 1.78. The average Bonchev–Trinajstić information content (AvgIpc) is 2.72. The number of H-pyrrole nitrogens is 1. The first kappa shape index (κ1) is 17.3. The van der Waals surface area contributed by atoms with Gasteiger partial charge in [0.1, 0.15) is 0 Å². The van der Waals surface area contributed by atoms with E-state index in [4.69, 9.17) is 5.73 Å². The topological polar surface area (TPSA) is 123 Å². The van der Waals surface area contributed by atoms with Crippen LogP contribution in [-0.2, 0) is 11.3 Å². The Labute approximate surface area is 126 Å². The average molecular weight is 315 g/mol. The van der Waals surface area contributed by atoms with Gasteiger partial charge in [0.25, 0.3) is 0 Å². The van der Waals surface area contributed by atoms with Crippen LogP contribution in [0.4, 0.5) is 4.79 Å². The molecule has 0 saturated heterocycles. The Balaban J connectivity index is 2.92. The largest absolute Gasteiger partial charge is 0.351 e. The van der Waals surface area contributed by atoms with Crippen molar-refractivity contribution in [2.24, 2.45) is 11.7 Å². The van der Waals surface area contributed by atoms with Crippen molar-refractivity contribution in [1.82, 2.24) is 20.1 Å². The minimum Gasteiger partial charge on any atom is -0.351 e. The first-order valence-electron chi connectivity index (χ1n) is 6.79. The number of primary amides is 1. The second-order valence-electron chi connectivity index (χ2n) is 4.95. The summed E-state index contributed by atoms with van der Waals surface area (Å²) in [5.41, 5.74) is 4.67. The summed E-state index contributed by atoms with van der Waals surface area (Å²) in [7, 11) is 0. The summed E-state index contributed by atoms with van der Waals surface area (Å²) < 4.78 is 1.50. The van der Waals surface area contributed by atoms with Crippen LogP contribution in [-0.4, -0.2) is 32.0 Å². The van der Waals surface area contributed by atoms with Crippen molar-refractivity contribution in [2.75, 3.05) is 0 Å². The molecule has 3 amide bonds. The van der Waals surface area contributed by atoms with E-state index in [0.717, 1.165) is 24.6 Å². The number of aromatic nitrogens is 3. The number of nitrogens with zero attached hydrogens (tertiary/aromatic N) is 2. The highest BCUT2D eigenvalue weighted by Gasteiger charge is 2.27. The zero-order valence-corrected chi connectivity index (χ0v) is 13.2. The van der Waals surface area contributed by atoms with Gasteiger partial charge in [0, 0.05) is 6.54 Å². The number of nitrogens with two attached hydrogens (primary N) is 1. The molecule has 0 aliphatic heterocycles. The van der Waals surface area contributed by atoms with Gasteiger partial charge < -0.3 is 5.73 Å². The van der Waals surface area contributed by atoms with Gasteiger partial charge >= 0.3 is 11.7 Å². The number of thioether (sulfide) groups is 1. The molecule has 1 aromatic heterocycles. The molecule has 1 atom stereocenters. The molecule has 21 heavy (non-hydrogen) atoms. The van der Waals surface area contributed by atoms with E-state index < -0.39 is 17.2 Å². The Hall–Kier alpha value is -1.77. The highest BCUT2D eigenvalue weighted by molar-refractivity contribution is 8.00. The van der Waals surface area contributed by atoms with Gasteiger partial charge in [0.15, 0.2) is 5.16 Å². The second-order valence-corrected chi connectivity index (χ2v) is 6.06. The van der Waals surface area contributed by atoms with Crippen molar-refractivity contribution in [1.29, 1.82) is 0 Å². The zero-order valence-electron chi connectivity index (χ0n) is 12.4. The number of aromatic amines is 1. The molecule has 1 rings (SSSR count). The van der Waals surface area contributed by atoms with Crippen LogP contribution in [0.25, 0.3) is 0 Å². The molecule has 0 aromatic carbocycles. The van der Waals surface area contributed by atoms with Crippen LogP contribution in [0.2, 0.25) is 0 Å². The van der Waals surface area contributed by atoms with Crippen LogP contribution in [0.3, 0.4) is 0 Å². The van der Waals surface area contributed by atoms with Crippen LogP contribution in [0.5, 0.6) is 0 Å². The van der Waals surface area contributed by atoms with E-state index in [1.807, 2.05) is 20.8 Å². The number of rotatable bonds is 7. The van der Waals surface area contributed by atoms with Crippen molar-refractivity contribution < 1.29 is 9.59 Å². The summed E-state index contributed by atoms with van der Waals surface area (Å²) in [4.78, 5) is 34.5. The molecule has 4 N–H and O–H groups in total. The van der Waals surface area contributed by atoms with Crippen LogP contribution in [0.15, 0.2) is 9.95 Å². The third kappa shape index (κ3) is 4.92. The molecule has 0 radical (unpaired) electrons. The van der Waals surface area contributed by atoms with Gasteiger partial charge in [0.2, 0.25) is 5.91 Å². The number of nitrogens with one attached hydrogen (secondary N) is 2. The SMILES string of the molecule is CCCCn1c(SC(C(=O)NC(N)=O)C(C)C)n[nH]c1=O. The number of carbonyl (C=O) groups is 2. The Morgan fingerprint density at radius 3 is 2.67 bits per heavy atom. The molecule has 0 fully saturated rings. The van der Waals surface area contributed by atoms with E-state index in [9.17, 15) is 14.4 Å². The Morgan fingerprint density at radius 2 is 2.14 bits per heavy atom. The Bertz CT molecular complexity index is 551. The minimum absolute atomic E-state index is 0.0548. The number of amides is 3. The lowest BCUT2D eigenvalue weighted by Gasteiger charge is -2.18. The third-order valence-corrected chi connectivity index (χ3v) is 4.34. The predicted octanol–water partition coefficient (Wildman–Crippen LogP) is 0.683. The lowest BCUT2D eigenvalue weighted by molar-refractivity contribution is -0.120. The summed E-state index contributed by atoms with van der Waals surface area (Å²) in [6.45, 7) is 6.25. The van der Waals surface area contributed by atoms with Crippen molar-refractivity contribution in [2.45, 2.75) is 50.6 Å². The zero-order chi connectivity index (χ0) is 16.0. The summed E-state index contributed by atoms with van der Waals surface area (Å²) in [5, 5.41) is 8.27. The molecule has 8 nitrogen and oxygen atoms in total. The van der Waals surface area contributed by atoms with Gasteiger partial charge in [-0.3, -0.25) is 14.7 Å². The second kappa shape index (κ2) is 7.87. The standard InChI is InChI=1S/C12H21N5O3S/c1-4-5-6-17-11(20)15-16-12(17)21-8(7(2)3)9(18)14-10(13)19/h7-8H,4-6H2,1-3H3,(H,15,20)(H3,13,14,18,19). The lowest BCUT2D eigenvalue weighted by Crippen LogP contribution is -2.42. The van der Waals surface area contributed by atoms with Crippen molar-refractivity contribution in [3.05, 3.63) is 10.5 Å². The van der Waals surface area contributed by atoms with Crippen molar-refractivity contribution >= 4 is 23.7 Å². The van der Waals surface area contributed by atoms with Gasteiger partial charge in [-0.2, -0.15) is 0 Å². The normalized spacial score (nSPS) is 12.4. The van der Waals surface area contributed by atoms with E-state index in [-0.39, 0.29) is 11.6 Å². The molecular weight excluding hydrogens is 294 g/mol. The quantitative estimate of drug-likeness (QED) is 0.639. The lowest BCUT2D eigenvalue weighted by atomic mass is 10.1. The number of unbranched alkanes of at least 4 members (excludes halogenated alkanes) is 1. The number of carbonyl (C=O) groups excluding carboxylic acids is 2. The van der Waals surface area contributed by atoms with Crippen LogP contribution < -0.4 is 16.7 Å². The molecule has 0 aliphatic rings. The van der Waals surface area contributed by atoms with Gasteiger partial charge in [-0.15, -0.1) is 5.10 Å². The maximum absolute atomic E-state index is 12.0. The molecule has 0 bridgehead atoms. The number of hydrogen-bond donors (Lipinski definition) is 3. The fourth-order valence-electron chi connectivity index (χ4n) is 1.71. The van der Waals surface area contributed by atoms with E-state index in [2.05, 4.69) is 15.5 Å². The number of hydrogen-bond acceptors (Lipinski definition) is 5. The molecule has 1 unspecified atom stereocenters. The van der Waals surface area contributed by atoms with Gasteiger partial charge in [-0.05, 0) is 12.3 Å². The van der Waals surface area contributed by atoms with Crippen LogP contribution in [0.1, 0.15) is 33.6 Å². The number of imide groups is 1. The van der Waals surface area contributed by atoms with E-state index in [0.29, 0.717) is 11.7 Å². The molecule has 1 aromatic rings. The molecule has 1 heterocycles. The third-order valence-electron chi connectivity index (χ3n) is 2.80. The highest BCUT2D eigenvalue weighted by Crippen LogP contribution is 2.26. The minimum atomic E-state index is -0.892. The fourth-order valence-corrected chi connectivity index (χ4v) is 2.77. The van der Waals surface area contributed by atoms with Crippen LogP contribution in [0, 0.1) is 5.92 Å². The molecule has 0 spiro atoms. The maximum atomic E-state index is 12.0. The summed E-state index contributed by atoms with van der Waals surface area (Å²) in [6, 6.07) is -0.892. The smallest absolute Gasteiger partial charge is 0.343 e. The monoisotopic (exact) mass is 315 g/mol. The van der Waals surface area contributed by atoms with Gasteiger partial charge in [-0.25, -0.2) is 14.7 Å². The van der Waals surface area contributed by atoms with Crippen LogP contribution >= 0.6 is 11.8 Å². The molecule has 0 saturated carbocycles. The van der Waals surface area contributed by atoms with Gasteiger partial charge in [-0.1, -0.05) is 39.0 Å². The van der Waals surface area contributed by atoms with Crippen molar-refractivity contribution in [3.8, 4) is 0 Å². The Morgan fingerprint density at radius 1 is 1.48 bits per heavy atom. The predicted molar refractivity (Wildman–Crippen MR) is 80.0 cm³/mol. The van der Waals surface area contributed by atoms with Gasteiger partial charge in [0.05, 0.1) is 5.25 Å². The highest BCUT2D eigenvalue weighted by atomic mass is 32.2. The number of urea groups is 1. The van der Waals surface area contributed by atoms with Crippen molar-refractivity contribution in [3.63, 3.8) is 0 Å². The first-order chi connectivity index (χ1) is 9.86. The van der Waals surface area contributed by atoms with E-state index >= 15 is 0 Å². The maximum Gasteiger partial charge on any atom is 0.343 e. The molecule has 0 aliphatic carbocycles. The van der Waals surface area contributed by atoms with E-state index in [1.54, 1.807) is 0 Å². The Kier molecular flexibility index (Phi) is 6.47. The molecular formula is C12H21N5O3S. The summed E-state index contributed by atoms with van der Waals surface area (Å²) >= 11 is 1.15. The fraction of sp³-hybridized carbons (Fsp3) is 0.667. The molecule has 9 heteroatoms. The first-order valence-corrected chi connectivity index (χ1v) is 7.66.